The zero-order valence-corrected chi connectivity index (χ0v) is 8.85. The molecule has 0 radical (unpaired) electrons. The van der Waals surface area contributed by atoms with Crippen molar-refractivity contribution in [2.75, 3.05) is 6.26 Å². The molecule has 6 heteroatoms. The van der Waals surface area contributed by atoms with E-state index < -0.39 is 5.97 Å². The summed E-state index contributed by atoms with van der Waals surface area (Å²) in [5.41, 5.74) is 0.683. The molecular formula is C8H6N2O2S2. The number of hydrogen-bond donors (Lipinski definition) is 1. The molecule has 0 aromatic carbocycles. The monoisotopic (exact) mass is 226 g/mol. The predicted octanol–water partition coefficient (Wildman–Crippen LogP) is 2.11. The van der Waals surface area contributed by atoms with Crippen LogP contribution in [0.25, 0.3) is 10.3 Å². The van der Waals surface area contributed by atoms with Crippen molar-refractivity contribution in [2.45, 2.75) is 4.90 Å². The molecule has 0 saturated carbocycles. The minimum Gasteiger partial charge on any atom is -0.477 e. The first-order valence-electron chi connectivity index (χ1n) is 3.75. The Balaban J connectivity index is 2.78. The number of nitrogens with zero attached hydrogens (tertiary/aromatic N) is 2. The van der Waals surface area contributed by atoms with Gasteiger partial charge in [-0.05, 0) is 6.26 Å². The fraction of sp³-hybridized carbons (Fsp3) is 0.125. The van der Waals surface area contributed by atoms with E-state index >= 15 is 0 Å². The maximum atomic E-state index is 10.9. The van der Waals surface area contributed by atoms with E-state index in [-0.39, 0.29) is 0 Å². The lowest BCUT2D eigenvalue weighted by Gasteiger charge is -1.93. The highest BCUT2D eigenvalue weighted by Crippen LogP contribution is 2.34. The van der Waals surface area contributed by atoms with Gasteiger partial charge in [0.2, 0.25) is 0 Å². The lowest BCUT2D eigenvalue weighted by molar-refractivity contribution is 0.0699. The van der Waals surface area contributed by atoms with Crippen LogP contribution < -0.4 is 0 Å². The normalized spacial score (nSPS) is 10.6. The van der Waals surface area contributed by atoms with Crippen LogP contribution in [0.3, 0.4) is 0 Å². The highest BCUT2D eigenvalue weighted by atomic mass is 32.2. The Labute approximate surface area is 88.0 Å². The molecule has 0 atom stereocenters. The van der Waals surface area contributed by atoms with Crippen LogP contribution in [-0.2, 0) is 0 Å². The van der Waals surface area contributed by atoms with Gasteiger partial charge in [-0.2, -0.15) is 0 Å². The van der Waals surface area contributed by atoms with Crippen molar-refractivity contribution < 1.29 is 9.90 Å². The maximum Gasteiger partial charge on any atom is 0.347 e. The van der Waals surface area contributed by atoms with Crippen LogP contribution in [0.1, 0.15) is 9.67 Å². The zero-order chi connectivity index (χ0) is 10.1. The summed E-state index contributed by atoms with van der Waals surface area (Å²) in [6, 6.07) is 0. The summed E-state index contributed by atoms with van der Waals surface area (Å²) in [5.74, 6) is -0.917. The van der Waals surface area contributed by atoms with Gasteiger partial charge in [0.15, 0.2) is 0 Å². The van der Waals surface area contributed by atoms with Crippen LogP contribution in [0.2, 0.25) is 0 Å². The van der Waals surface area contributed by atoms with E-state index in [1.807, 2.05) is 6.26 Å². The summed E-state index contributed by atoms with van der Waals surface area (Å²) in [6.45, 7) is 0. The Bertz CT molecular complexity index is 495. The second-order valence-corrected chi connectivity index (χ2v) is 4.30. The third-order valence-corrected chi connectivity index (χ3v) is 3.69. The number of carbonyl (C=O) groups is 1. The van der Waals surface area contributed by atoms with Gasteiger partial charge < -0.3 is 5.11 Å². The predicted molar refractivity (Wildman–Crippen MR) is 56.2 cm³/mol. The quantitative estimate of drug-likeness (QED) is 0.794. The van der Waals surface area contributed by atoms with Gasteiger partial charge in [0.05, 0.1) is 4.90 Å². The van der Waals surface area contributed by atoms with E-state index in [9.17, 15) is 4.79 Å². The molecule has 0 fully saturated rings. The van der Waals surface area contributed by atoms with E-state index in [0.717, 1.165) is 11.3 Å². The van der Waals surface area contributed by atoms with Crippen LogP contribution >= 0.6 is 23.1 Å². The smallest absolute Gasteiger partial charge is 0.347 e. The molecule has 0 spiro atoms. The summed E-state index contributed by atoms with van der Waals surface area (Å²) in [7, 11) is 0. The third-order valence-electron chi connectivity index (χ3n) is 1.68. The highest BCUT2D eigenvalue weighted by molar-refractivity contribution is 7.99. The molecular weight excluding hydrogens is 220 g/mol. The lowest BCUT2D eigenvalue weighted by Crippen LogP contribution is -1.93. The van der Waals surface area contributed by atoms with Crippen molar-refractivity contribution in [3.05, 3.63) is 17.3 Å². The molecule has 2 aromatic heterocycles. The molecule has 72 valence electrons. The minimum atomic E-state index is -0.917. The number of thiophene rings is 1. The molecule has 2 heterocycles. The van der Waals surface area contributed by atoms with Gasteiger partial charge in [-0.3, -0.25) is 4.98 Å². The zero-order valence-electron chi connectivity index (χ0n) is 7.22. The van der Waals surface area contributed by atoms with Crippen molar-refractivity contribution >= 4 is 39.4 Å². The van der Waals surface area contributed by atoms with Crippen LogP contribution in [0.15, 0.2) is 17.3 Å². The number of fused-ring (bicyclic) bond motifs is 1. The van der Waals surface area contributed by atoms with E-state index in [1.54, 1.807) is 12.4 Å². The molecule has 0 aliphatic heterocycles. The molecule has 0 aliphatic rings. The molecule has 2 rings (SSSR count). The molecule has 4 nitrogen and oxygen atoms in total. The van der Waals surface area contributed by atoms with E-state index in [0.29, 0.717) is 20.1 Å². The fourth-order valence-corrected chi connectivity index (χ4v) is 3.03. The summed E-state index contributed by atoms with van der Waals surface area (Å²) in [5, 5.41) is 8.94. The largest absolute Gasteiger partial charge is 0.477 e. The number of hydrogen-bond acceptors (Lipinski definition) is 5. The molecule has 14 heavy (non-hydrogen) atoms. The van der Waals surface area contributed by atoms with Crippen LogP contribution in [0, 0.1) is 0 Å². The van der Waals surface area contributed by atoms with Crippen LogP contribution in [-0.4, -0.2) is 27.3 Å². The summed E-state index contributed by atoms with van der Waals surface area (Å²) >= 11 is 2.55. The SMILES string of the molecule is CSc1c(C(=O)O)sc2nccnc12. The molecule has 1 N–H and O–H groups in total. The van der Waals surface area contributed by atoms with Crippen molar-refractivity contribution in [2.24, 2.45) is 0 Å². The average molecular weight is 226 g/mol. The van der Waals surface area contributed by atoms with Gasteiger partial charge >= 0.3 is 5.97 Å². The number of aromatic nitrogens is 2. The number of carboxylic acid groups (broad SMARTS) is 1. The van der Waals surface area contributed by atoms with Gasteiger partial charge in [0.1, 0.15) is 15.2 Å². The van der Waals surface area contributed by atoms with Gasteiger partial charge in [-0.25, -0.2) is 9.78 Å². The molecule has 0 unspecified atom stereocenters. The first-order valence-corrected chi connectivity index (χ1v) is 5.79. The van der Waals surface area contributed by atoms with Crippen molar-refractivity contribution in [3.8, 4) is 0 Å². The number of carboxylic acids is 1. The van der Waals surface area contributed by atoms with Crippen molar-refractivity contribution in [1.29, 1.82) is 0 Å². The number of thioether (sulfide) groups is 1. The Morgan fingerprint density at radius 1 is 1.50 bits per heavy atom. The Morgan fingerprint density at radius 3 is 2.86 bits per heavy atom. The third kappa shape index (κ3) is 1.36. The minimum absolute atomic E-state index is 0.318. The molecule has 0 bridgehead atoms. The summed E-state index contributed by atoms with van der Waals surface area (Å²) in [6.07, 6.45) is 4.97. The fourth-order valence-electron chi connectivity index (χ4n) is 1.14. The standard InChI is InChI=1S/C8H6N2O2S2/c1-13-5-4-7(10-3-2-9-4)14-6(5)8(11)12/h2-3H,1H3,(H,11,12). The van der Waals surface area contributed by atoms with Gasteiger partial charge in [0.25, 0.3) is 0 Å². The Hall–Kier alpha value is -1.14. The van der Waals surface area contributed by atoms with Gasteiger partial charge in [-0.1, -0.05) is 0 Å². The highest BCUT2D eigenvalue weighted by Gasteiger charge is 2.18. The topological polar surface area (TPSA) is 63.1 Å². The van der Waals surface area contributed by atoms with E-state index in [1.165, 1.54) is 11.8 Å². The second kappa shape index (κ2) is 3.55. The second-order valence-electron chi connectivity index (χ2n) is 2.48. The maximum absolute atomic E-state index is 10.9. The average Bonchev–Trinajstić information content (AvgIpc) is 2.56. The van der Waals surface area contributed by atoms with Crippen molar-refractivity contribution in [3.63, 3.8) is 0 Å². The summed E-state index contributed by atoms with van der Waals surface area (Å²) in [4.78, 5) is 20.8. The van der Waals surface area contributed by atoms with Gasteiger partial charge in [0, 0.05) is 12.4 Å². The summed E-state index contributed by atoms with van der Waals surface area (Å²) < 4.78 is 0. The lowest BCUT2D eigenvalue weighted by atomic mass is 10.4. The Kier molecular flexibility index (Phi) is 2.39. The number of aromatic carboxylic acids is 1. The van der Waals surface area contributed by atoms with Crippen LogP contribution in [0.5, 0.6) is 0 Å². The van der Waals surface area contributed by atoms with Gasteiger partial charge in [-0.15, -0.1) is 23.1 Å². The first-order chi connectivity index (χ1) is 6.74. The molecule has 0 aliphatic carbocycles. The van der Waals surface area contributed by atoms with Crippen LogP contribution in [0.4, 0.5) is 0 Å². The molecule has 0 amide bonds. The Morgan fingerprint density at radius 2 is 2.21 bits per heavy atom. The van der Waals surface area contributed by atoms with E-state index in [2.05, 4.69) is 9.97 Å². The first kappa shape index (κ1) is 9.42. The molecule has 0 saturated heterocycles. The van der Waals surface area contributed by atoms with E-state index in [4.69, 9.17) is 5.11 Å². The number of rotatable bonds is 2. The van der Waals surface area contributed by atoms with Crippen molar-refractivity contribution in [1.82, 2.24) is 9.97 Å². The molecule has 2 aromatic rings.